The molecule has 1 aromatic carbocycles. The van der Waals surface area contributed by atoms with Gasteiger partial charge in [-0.25, -0.2) is 0 Å². The first-order valence-corrected chi connectivity index (χ1v) is 8.69. The van der Waals surface area contributed by atoms with Gasteiger partial charge in [0.15, 0.2) is 0 Å². The van der Waals surface area contributed by atoms with Crippen molar-refractivity contribution in [3.63, 3.8) is 0 Å². The van der Waals surface area contributed by atoms with Crippen molar-refractivity contribution in [2.24, 2.45) is 0 Å². The highest BCUT2D eigenvalue weighted by molar-refractivity contribution is 9.10. The minimum absolute atomic E-state index is 0.0258. The Morgan fingerprint density at radius 2 is 2.00 bits per heavy atom. The highest BCUT2D eigenvalue weighted by Crippen LogP contribution is 2.41. The van der Waals surface area contributed by atoms with E-state index in [-0.39, 0.29) is 9.72 Å². The van der Waals surface area contributed by atoms with E-state index in [2.05, 4.69) is 20.9 Å². The Labute approximate surface area is 139 Å². The van der Waals surface area contributed by atoms with Crippen molar-refractivity contribution in [1.29, 1.82) is 0 Å². The lowest BCUT2D eigenvalue weighted by molar-refractivity contribution is -0.138. The van der Waals surface area contributed by atoms with Crippen LogP contribution >= 0.6 is 27.7 Å². The van der Waals surface area contributed by atoms with Crippen molar-refractivity contribution in [2.45, 2.75) is 38.3 Å². The first kappa shape index (κ1) is 17.7. The summed E-state index contributed by atoms with van der Waals surface area (Å²) in [5.41, 5.74) is 1.38. The number of aromatic amines is 1. The Balaban J connectivity index is 2.62. The Morgan fingerprint density at radius 3 is 2.50 bits per heavy atom. The number of benzene rings is 1. The predicted molar refractivity (Wildman–Crippen MR) is 88.3 cm³/mol. The molecular weight excluding hydrogens is 379 g/mol. The summed E-state index contributed by atoms with van der Waals surface area (Å²) < 4.78 is 39.0. The van der Waals surface area contributed by atoms with E-state index in [4.69, 9.17) is 0 Å². The van der Waals surface area contributed by atoms with E-state index in [1.54, 1.807) is 18.7 Å². The fraction of sp³-hybridized carbons (Fsp3) is 0.467. The van der Waals surface area contributed by atoms with Crippen molar-refractivity contribution in [2.75, 3.05) is 5.75 Å². The number of fused-ring (bicyclic) bond motifs is 1. The van der Waals surface area contributed by atoms with Gasteiger partial charge in [0.05, 0.1) is 16.9 Å². The summed E-state index contributed by atoms with van der Waals surface area (Å²) in [5.74, 6) is 0.807. The standard InChI is InChI=1S/C15H17BrF3NOS/c1-4-22-14(8(3)21)13-7(2)9-5-11(16)10(15(17,18)19)6-12(9)20-13/h5-6,8,14,20-21H,4H2,1-3H3. The number of aromatic nitrogens is 1. The van der Waals surface area contributed by atoms with Crippen LogP contribution in [0.4, 0.5) is 13.2 Å². The molecule has 0 saturated heterocycles. The number of aliphatic hydroxyl groups excluding tert-OH is 1. The Bertz CT molecular complexity index is 681. The number of H-pyrrole nitrogens is 1. The molecule has 2 aromatic rings. The molecule has 0 aliphatic rings. The molecule has 0 bridgehead atoms. The maximum Gasteiger partial charge on any atom is 0.417 e. The SMILES string of the molecule is CCSC(c1[nH]c2cc(C(F)(F)F)c(Br)cc2c1C)C(C)O. The summed E-state index contributed by atoms with van der Waals surface area (Å²) in [6.45, 7) is 5.53. The van der Waals surface area contributed by atoms with Gasteiger partial charge in [-0.05, 0) is 37.3 Å². The van der Waals surface area contributed by atoms with Gasteiger partial charge in [0, 0.05) is 21.1 Å². The number of halogens is 4. The van der Waals surface area contributed by atoms with E-state index in [9.17, 15) is 18.3 Å². The molecule has 2 N–H and O–H groups in total. The molecule has 0 fully saturated rings. The molecular formula is C15H17BrF3NOS. The molecule has 0 aliphatic carbocycles. The number of hydrogen-bond acceptors (Lipinski definition) is 2. The van der Waals surface area contributed by atoms with Crippen molar-refractivity contribution in [3.8, 4) is 0 Å². The molecule has 2 unspecified atom stereocenters. The van der Waals surface area contributed by atoms with Crippen LogP contribution < -0.4 is 0 Å². The quantitative estimate of drug-likeness (QED) is 0.723. The number of alkyl halides is 3. The lowest BCUT2D eigenvalue weighted by Crippen LogP contribution is -2.13. The zero-order valence-corrected chi connectivity index (χ0v) is 14.8. The van der Waals surface area contributed by atoms with Crippen LogP contribution in [0.3, 0.4) is 0 Å². The molecule has 0 aliphatic heterocycles. The van der Waals surface area contributed by atoms with E-state index in [1.165, 1.54) is 6.07 Å². The number of aliphatic hydroxyl groups is 1. The highest BCUT2D eigenvalue weighted by Gasteiger charge is 2.34. The minimum Gasteiger partial charge on any atom is -0.392 e. The topological polar surface area (TPSA) is 36.0 Å². The third-order valence-electron chi connectivity index (χ3n) is 3.56. The number of aryl methyl sites for hydroxylation is 1. The predicted octanol–water partition coefficient (Wildman–Crippen LogP) is 5.43. The Morgan fingerprint density at radius 1 is 1.36 bits per heavy atom. The largest absolute Gasteiger partial charge is 0.417 e. The molecule has 0 spiro atoms. The average molecular weight is 396 g/mol. The number of nitrogens with one attached hydrogen (secondary N) is 1. The van der Waals surface area contributed by atoms with Crippen molar-refractivity contribution in [3.05, 3.63) is 33.4 Å². The van der Waals surface area contributed by atoms with E-state index >= 15 is 0 Å². The zero-order chi connectivity index (χ0) is 16.7. The van der Waals surface area contributed by atoms with Gasteiger partial charge in [-0.3, -0.25) is 0 Å². The molecule has 22 heavy (non-hydrogen) atoms. The van der Waals surface area contributed by atoms with Crippen LogP contribution in [-0.2, 0) is 6.18 Å². The molecule has 1 aromatic heterocycles. The molecule has 0 amide bonds. The van der Waals surface area contributed by atoms with Crippen LogP contribution in [0.25, 0.3) is 10.9 Å². The van der Waals surface area contributed by atoms with Gasteiger partial charge in [0.2, 0.25) is 0 Å². The number of rotatable bonds is 4. The van der Waals surface area contributed by atoms with Crippen LogP contribution in [0.1, 0.15) is 35.9 Å². The van der Waals surface area contributed by atoms with Crippen molar-refractivity contribution in [1.82, 2.24) is 4.98 Å². The fourth-order valence-corrected chi connectivity index (χ4v) is 4.12. The molecule has 2 rings (SSSR count). The third kappa shape index (κ3) is 3.31. The van der Waals surface area contributed by atoms with E-state index < -0.39 is 17.8 Å². The molecule has 7 heteroatoms. The normalized spacial score (nSPS) is 15.3. The van der Waals surface area contributed by atoms with Crippen LogP contribution in [0, 0.1) is 6.92 Å². The minimum atomic E-state index is -4.41. The summed E-state index contributed by atoms with van der Waals surface area (Å²) in [7, 11) is 0. The van der Waals surface area contributed by atoms with Crippen LogP contribution in [0.15, 0.2) is 16.6 Å². The molecule has 2 nitrogen and oxygen atoms in total. The van der Waals surface area contributed by atoms with E-state index in [0.29, 0.717) is 5.52 Å². The molecule has 0 radical (unpaired) electrons. The second-order valence-corrected chi connectivity index (χ2v) is 7.43. The first-order valence-electron chi connectivity index (χ1n) is 6.85. The van der Waals surface area contributed by atoms with Crippen molar-refractivity contribution < 1.29 is 18.3 Å². The molecule has 2 atom stereocenters. The van der Waals surface area contributed by atoms with Gasteiger partial charge in [-0.2, -0.15) is 13.2 Å². The van der Waals surface area contributed by atoms with Gasteiger partial charge < -0.3 is 10.1 Å². The first-order chi connectivity index (χ1) is 10.2. The van der Waals surface area contributed by atoms with Crippen LogP contribution in [0.5, 0.6) is 0 Å². The van der Waals surface area contributed by atoms with Crippen molar-refractivity contribution >= 4 is 38.6 Å². The number of thioether (sulfide) groups is 1. The maximum atomic E-state index is 13.0. The summed E-state index contributed by atoms with van der Waals surface area (Å²) in [4.78, 5) is 3.07. The summed E-state index contributed by atoms with van der Waals surface area (Å²) in [6, 6.07) is 2.61. The molecule has 0 saturated carbocycles. The van der Waals surface area contributed by atoms with E-state index in [1.807, 2.05) is 13.8 Å². The Hall–Kier alpha value is -0.660. The number of hydrogen-bond donors (Lipinski definition) is 2. The summed E-state index contributed by atoms with van der Waals surface area (Å²) >= 11 is 4.57. The molecule has 1 heterocycles. The highest BCUT2D eigenvalue weighted by atomic mass is 79.9. The maximum absolute atomic E-state index is 13.0. The third-order valence-corrected chi connectivity index (χ3v) is 5.54. The van der Waals surface area contributed by atoms with Gasteiger partial charge in [-0.1, -0.05) is 22.9 Å². The van der Waals surface area contributed by atoms with Gasteiger partial charge in [0.1, 0.15) is 0 Å². The second-order valence-electron chi connectivity index (χ2n) is 5.16. The van der Waals surface area contributed by atoms with Gasteiger partial charge in [0.25, 0.3) is 0 Å². The van der Waals surface area contributed by atoms with Gasteiger partial charge >= 0.3 is 6.18 Å². The fourth-order valence-electron chi connectivity index (χ4n) is 2.52. The van der Waals surface area contributed by atoms with Crippen LogP contribution in [0.2, 0.25) is 0 Å². The lowest BCUT2D eigenvalue weighted by Gasteiger charge is -2.18. The summed E-state index contributed by atoms with van der Waals surface area (Å²) in [6.07, 6.45) is -5.00. The van der Waals surface area contributed by atoms with E-state index in [0.717, 1.165) is 28.5 Å². The summed E-state index contributed by atoms with van der Waals surface area (Å²) in [5, 5.41) is 10.5. The second kappa shape index (κ2) is 6.45. The zero-order valence-electron chi connectivity index (χ0n) is 12.4. The Kier molecular flexibility index (Phi) is 5.19. The monoisotopic (exact) mass is 395 g/mol. The van der Waals surface area contributed by atoms with Crippen LogP contribution in [-0.4, -0.2) is 21.9 Å². The lowest BCUT2D eigenvalue weighted by atomic mass is 10.1. The average Bonchev–Trinajstić information content (AvgIpc) is 2.71. The van der Waals surface area contributed by atoms with Gasteiger partial charge in [-0.15, -0.1) is 11.8 Å². The molecule has 122 valence electrons. The smallest absolute Gasteiger partial charge is 0.392 e.